The number of methoxy groups -OCH3 is 3. The van der Waals surface area contributed by atoms with Crippen molar-refractivity contribution in [2.75, 3.05) is 26.6 Å². The van der Waals surface area contributed by atoms with Crippen LogP contribution in [0.15, 0.2) is 22.3 Å². The van der Waals surface area contributed by atoms with E-state index in [9.17, 15) is 14.4 Å². The van der Waals surface area contributed by atoms with E-state index in [0.717, 1.165) is 11.3 Å². The fourth-order valence-electron chi connectivity index (χ4n) is 2.19. The van der Waals surface area contributed by atoms with E-state index in [0.29, 0.717) is 17.2 Å². The first-order chi connectivity index (χ1) is 11.9. The smallest absolute Gasteiger partial charge is 0.340 e. The zero-order valence-corrected chi connectivity index (χ0v) is 15.1. The standard InChI is InChI=1S/C16H18N2O6S/c1-9-8-25-16(21)18(9)7-14(19)17-11-6-13(23-3)12(22-2)5-10(11)15(20)24-4/h5-6,8H,7H2,1-4H3,(H,17,19). The predicted octanol–water partition coefficient (Wildman–Crippen LogP) is 1.66. The van der Waals surface area contributed by atoms with Crippen LogP contribution in [-0.4, -0.2) is 37.8 Å². The molecule has 0 radical (unpaired) electrons. The van der Waals surface area contributed by atoms with E-state index in [2.05, 4.69) is 5.32 Å². The molecule has 0 fully saturated rings. The van der Waals surface area contributed by atoms with Crippen LogP contribution in [0.5, 0.6) is 11.5 Å². The summed E-state index contributed by atoms with van der Waals surface area (Å²) in [6.45, 7) is 1.57. The lowest BCUT2D eigenvalue weighted by Gasteiger charge is -2.15. The lowest BCUT2D eigenvalue weighted by Crippen LogP contribution is -2.26. The third-order valence-electron chi connectivity index (χ3n) is 3.48. The van der Waals surface area contributed by atoms with Crippen LogP contribution in [0.1, 0.15) is 16.1 Å². The molecular formula is C16H18N2O6S. The van der Waals surface area contributed by atoms with Crippen LogP contribution in [0.4, 0.5) is 5.69 Å². The Balaban J connectivity index is 2.35. The first-order valence-electron chi connectivity index (χ1n) is 7.20. The van der Waals surface area contributed by atoms with Crippen molar-refractivity contribution in [1.82, 2.24) is 4.57 Å². The van der Waals surface area contributed by atoms with Crippen molar-refractivity contribution in [2.24, 2.45) is 0 Å². The number of ether oxygens (including phenoxy) is 3. The maximum atomic E-state index is 12.3. The van der Waals surface area contributed by atoms with Crippen LogP contribution in [-0.2, 0) is 16.1 Å². The SMILES string of the molecule is COC(=O)c1cc(OC)c(OC)cc1NC(=O)Cn1c(C)csc1=O. The van der Waals surface area contributed by atoms with Crippen LogP contribution in [0.3, 0.4) is 0 Å². The van der Waals surface area contributed by atoms with E-state index in [1.807, 2.05) is 0 Å². The van der Waals surface area contributed by atoms with Gasteiger partial charge in [-0.3, -0.25) is 14.2 Å². The molecule has 134 valence electrons. The molecular weight excluding hydrogens is 348 g/mol. The molecule has 1 aromatic carbocycles. The lowest BCUT2D eigenvalue weighted by atomic mass is 10.1. The van der Waals surface area contributed by atoms with Crippen molar-refractivity contribution in [3.05, 3.63) is 38.4 Å². The second-order valence-electron chi connectivity index (χ2n) is 5.02. The van der Waals surface area contributed by atoms with Crippen LogP contribution in [0.25, 0.3) is 0 Å². The normalized spacial score (nSPS) is 10.2. The average molecular weight is 366 g/mol. The van der Waals surface area contributed by atoms with E-state index in [1.54, 1.807) is 12.3 Å². The van der Waals surface area contributed by atoms with Crippen molar-refractivity contribution in [3.8, 4) is 11.5 Å². The fourth-order valence-corrected chi connectivity index (χ4v) is 2.93. The van der Waals surface area contributed by atoms with E-state index < -0.39 is 11.9 Å². The summed E-state index contributed by atoms with van der Waals surface area (Å²) in [6, 6.07) is 2.88. The molecule has 2 aromatic rings. The Hall–Kier alpha value is -2.81. The number of hydrogen-bond acceptors (Lipinski definition) is 7. The van der Waals surface area contributed by atoms with Crippen molar-refractivity contribution >= 4 is 28.9 Å². The first kappa shape index (κ1) is 18.5. The molecule has 1 N–H and O–H groups in total. The number of thiazole rings is 1. The molecule has 25 heavy (non-hydrogen) atoms. The first-order valence-corrected chi connectivity index (χ1v) is 8.08. The highest BCUT2D eigenvalue weighted by atomic mass is 32.1. The highest BCUT2D eigenvalue weighted by molar-refractivity contribution is 7.07. The van der Waals surface area contributed by atoms with Gasteiger partial charge in [-0.1, -0.05) is 11.3 Å². The molecule has 0 aliphatic heterocycles. The molecule has 0 aliphatic rings. The van der Waals surface area contributed by atoms with Gasteiger partial charge in [-0.05, 0) is 6.92 Å². The summed E-state index contributed by atoms with van der Waals surface area (Å²) in [5, 5.41) is 4.29. The molecule has 0 aliphatic carbocycles. The zero-order valence-electron chi connectivity index (χ0n) is 14.2. The zero-order chi connectivity index (χ0) is 18.6. The number of carbonyl (C=O) groups is 2. The molecule has 0 saturated heterocycles. The number of aromatic nitrogens is 1. The molecule has 1 aromatic heterocycles. The highest BCUT2D eigenvalue weighted by Crippen LogP contribution is 2.33. The fraction of sp³-hybridized carbons (Fsp3) is 0.312. The molecule has 0 atom stereocenters. The van der Waals surface area contributed by atoms with Gasteiger partial charge in [-0.2, -0.15) is 0 Å². The van der Waals surface area contributed by atoms with Crippen LogP contribution in [0.2, 0.25) is 0 Å². The monoisotopic (exact) mass is 366 g/mol. The quantitative estimate of drug-likeness (QED) is 0.781. The second kappa shape index (κ2) is 7.84. The van der Waals surface area contributed by atoms with Crippen molar-refractivity contribution in [2.45, 2.75) is 13.5 Å². The molecule has 8 nitrogen and oxygen atoms in total. The molecule has 0 spiro atoms. The summed E-state index contributed by atoms with van der Waals surface area (Å²) in [4.78, 5) is 35.8. The molecule has 0 unspecified atom stereocenters. The van der Waals surface area contributed by atoms with E-state index in [-0.39, 0.29) is 22.7 Å². The maximum absolute atomic E-state index is 12.3. The van der Waals surface area contributed by atoms with Crippen molar-refractivity contribution < 1.29 is 23.8 Å². The molecule has 1 heterocycles. The number of hydrogen-bond donors (Lipinski definition) is 1. The predicted molar refractivity (Wildman–Crippen MR) is 92.8 cm³/mol. The van der Waals surface area contributed by atoms with Gasteiger partial charge < -0.3 is 19.5 Å². The third-order valence-corrected chi connectivity index (χ3v) is 4.36. The second-order valence-corrected chi connectivity index (χ2v) is 5.84. The Morgan fingerprint density at radius 3 is 2.32 bits per heavy atom. The number of esters is 1. The number of amides is 1. The van der Waals surface area contributed by atoms with Gasteiger partial charge >= 0.3 is 10.8 Å². The molecule has 9 heteroatoms. The molecule has 1 amide bonds. The summed E-state index contributed by atoms with van der Waals surface area (Å²) in [5.41, 5.74) is 1.00. The number of anilines is 1. The molecule has 2 rings (SSSR count). The van der Waals surface area contributed by atoms with Gasteiger partial charge in [-0.15, -0.1) is 0 Å². The average Bonchev–Trinajstić information content (AvgIpc) is 2.92. The van der Waals surface area contributed by atoms with Crippen molar-refractivity contribution in [1.29, 1.82) is 0 Å². The topological polar surface area (TPSA) is 95.9 Å². The number of carbonyl (C=O) groups excluding carboxylic acids is 2. The van der Waals surface area contributed by atoms with Gasteiger partial charge in [0.15, 0.2) is 11.5 Å². The Kier molecular flexibility index (Phi) is 5.81. The van der Waals surface area contributed by atoms with Gasteiger partial charge in [0.1, 0.15) is 6.54 Å². The minimum Gasteiger partial charge on any atom is -0.493 e. The molecule has 0 bridgehead atoms. The summed E-state index contributed by atoms with van der Waals surface area (Å²) >= 11 is 1.02. The number of nitrogens with zero attached hydrogens (tertiary/aromatic N) is 1. The largest absolute Gasteiger partial charge is 0.493 e. The lowest BCUT2D eigenvalue weighted by molar-refractivity contribution is -0.116. The summed E-state index contributed by atoms with van der Waals surface area (Å²) < 4.78 is 16.4. The van der Waals surface area contributed by atoms with Gasteiger partial charge in [0.2, 0.25) is 5.91 Å². The molecule has 0 saturated carbocycles. The number of aryl methyl sites for hydroxylation is 1. The van der Waals surface area contributed by atoms with Gasteiger partial charge in [0.25, 0.3) is 0 Å². The van der Waals surface area contributed by atoms with E-state index in [4.69, 9.17) is 14.2 Å². The Morgan fingerprint density at radius 2 is 1.80 bits per heavy atom. The maximum Gasteiger partial charge on any atom is 0.340 e. The summed E-state index contributed by atoms with van der Waals surface area (Å²) in [5.74, 6) is -0.429. The number of benzene rings is 1. The highest BCUT2D eigenvalue weighted by Gasteiger charge is 2.19. The number of rotatable bonds is 6. The third kappa shape index (κ3) is 4.00. The number of nitrogens with one attached hydrogen (secondary N) is 1. The van der Waals surface area contributed by atoms with Crippen LogP contribution >= 0.6 is 11.3 Å². The van der Waals surface area contributed by atoms with Gasteiger partial charge in [-0.25, -0.2) is 4.79 Å². The van der Waals surface area contributed by atoms with Crippen LogP contribution in [0, 0.1) is 6.92 Å². The Morgan fingerprint density at radius 1 is 1.16 bits per heavy atom. The Labute approximate surface area is 147 Å². The summed E-state index contributed by atoms with van der Waals surface area (Å²) in [7, 11) is 4.11. The van der Waals surface area contributed by atoms with Crippen molar-refractivity contribution in [3.63, 3.8) is 0 Å². The van der Waals surface area contributed by atoms with E-state index >= 15 is 0 Å². The van der Waals surface area contributed by atoms with Crippen LogP contribution < -0.4 is 19.7 Å². The Bertz CT molecular complexity index is 855. The van der Waals surface area contributed by atoms with Gasteiger partial charge in [0, 0.05) is 23.2 Å². The minimum absolute atomic E-state index is 0.114. The summed E-state index contributed by atoms with van der Waals surface area (Å²) in [6.07, 6.45) is 0. The minimum atomic E-state index is -0.639. The van der Waals surface area contributed by atoms with Gasteiger partial charge in [0.05, 0.1) is 32.6 Å². The van der Waals surface area contributed by atoms with E-state index in [1.165, 1.54) is 38.0 Å².